The summed E-state index contributed by atoms with van der Waals surface area (Å²) in [6, 6.07) is 3.02. The minimum Gasteiger partial charge on any atom is -0.403 e. The van der Waals surface area contributed by atoms with Crippen LogP contribution in [-0.2, 0) is 0 Å². The minimum absolute atomic E-state index is 0.309. The van der Waals surface area contributed by atoms with Gasteiger partial charge in [0.1, 0.15) is 0 Å². The molecule has 1 aromatic carbocycles. The Morgan fingerprint density at radius 1 is 1.29 bits per heavy atom. The number of rotatable bonds is 3. The molecule has 1 saturated carbocycles. The monoisotopic (exact) mass is 249 g/mol. The third-order valence-corrected chi connectivity index (χ3v) is 2.70. The van der Waals surface area contributed by atoms with Crippen LogP contribution in [0, 0.1) is 11.7 Å². The Morgan fingerprint density at radius 3 is 2.41 bits per heavy atom. The normalized spacial score (nSPS) is 17.9. The quantitative estimate of drug-likeness (QED) is 0.835. The Kier molecular flexibility index (Phi) is 2.99. The van der Waals surface area contributed by atoms with E-state index in [1.165, 1.54) is 6.07 Å². The van der Waals surface area contributed by atoms with Crippen molar-refractivity contribution in [2.45, 2.75) is 25.2 Å². The van der Waals surface area contributed by atoms with E-state index >= 15 is 0 Å². The second kappa shape index (κ2) is 4.18. The fraction of sp³-hybridized carbons (Fsp3) is 0.455. The Labute approximate surface area is 95.4 Å². The van der Waals surface area contributed by atoms with Crippen LogP contribution >= 0.6 is 0 Å². The number of nitrogens with two attached hydrogens (primary N) is 1. The van der Waals surface area contributed by atoms with Crippen LogP contribution < -0.4 is 10.5 Å². The van der Waals surface area contributed by atoms with Crippen LogP contribution in [0.25, 0.3) is 0 Å². The summed E-state index contributed by atoms with van der Waals surface area (Å²) in [7, 11) is 0. The number of ether oxygens (including phenoxy) is 1. The lowest BCUT2D eigenvalue weighted by atomic mass is 10.0. The van der Waals surface area contributed by atoms with Gasteiger partial charge in [0.05, 0.1) is 0 Å². The lowest BCUT2D eigenvalue weighted by Crippen LogP contribution is -2.18. The zero-order valence-corrected chi connectivity index (χ0v) is 8.80. The van der Waals surface area contributed by atoms with Crippen molar-refractivity contribution >= 4 is 0 Å². The van der Waals surface area contributed by atoms with Crippen LogP contribution in [0.1, 0.15) is 24.4 Å². The molecule has 2 rings (SSSR count). The molecule has 0 amide bonds. The van der Waals surface area contributed by atoms with Crippen LogP contribution in [0.4, 0.5) is 17.6 Å². The molecule has 0 saturated heterocycles. The van der Waals surface area contributed by atoms with E-state index < -0.39 is 17.9 Å². The summed E-state index contributed by atoms with van der Waals surface area (Å²) in [5.41, 5.74) is 6.32. The van der Waals surface area contributed by atoms with Gasteiger partial charge in [-0.1, -0.05) is 6.07 Å². The van der Waals surface area contributed by atoms with Crippen molar-refractivity contribution in [1.29, 1.82) is 0 Å². The van der Waals surface area contributed by atoms with Gasteiger partial charge >= 0.3 is 6.36 Å². The molecule has 0 bridgehead atoms. The fourth-order valence-corrected chi connectivity index (χ4v) is 1.66. The van der Waals surface area contributed by atoms with Crippen molar-refractivity contribution in [3.8, 4) is 5.75 Å². The third kappa shape index (κ3) is 3.09. The summed E-state index contributed by atoms with van der Waals surface area (Å²) in [5.74, 6) is -1.57. The summed E-state index contributed by atoms with van der Waals surface area (Å²) < 4.78 is 52.6. The highest BCUT2D eigenvalue weighted by Gasteiger charge is 2.33. The highest BCUT2D eigenvalue weighted by atomic mass is 19.4. The van der Waals surface area contributed by atoms with Gasteiger partial charge in [0.2, 0.25) is 0 Å². The molecule has 1 aliphatic rings. The van der Waals surface area contributed by atoms with Crippen LogP contribution in [0.5, 0.6) is 5.75 Å². The molecule has 17 heavy (non-hydrogen) atoms. The van der Waals surface area contributed by atoms with Crippen molar-refractivity contribution in [2.75, 3.05) is 0 Å². The van der Waals surface area contributed by atoms with Crippen LogP contribution in [-0.4, -0.2) is 6.36 Å². The number of benzene rings is 1. The minimum atomic E-state index is -4.89. The van der Waals surface area contributed by atoms with Crippen molar-refractivity contribution in [3.05, 3.63) is 29.6 Å². The second-order valence-corrected chi connectivity index (χ2v) is 4.10. The standard InChI is InChI=1S/C11H11F4NO/c12-8-5-7(10(16)6-1-2-6)3-4-9(8)17-11(13,14)15/h3-6,10H,1-2,16H2/t10-/m0/s1. The van der Waals surface area contributed by atoms with E-state index in [4.69, 9.17) is 5.73 Å². The molecular weight excluding hydrogens is 238 g/mol. The summed E-state index contributed by atoms with van der Waals surface area (Å²) in [6.07, 6.45) is -2.94. The summed E-state index contributed by atoms with van der Waals surface area (Å²) >= 11 is 0. The molecule has 1 atom stereocenters. The van der Waals surface area contributed by atoms with Gasteiger partial charge in [0, 0.05) is 6.04 Å². The third-order valence-electron chi connectivity index (χ3n) is 2.70. The molecule has 2 N–H and O–H groups in total. The van der Waals surface area contributed by atoms with Gasteiger partial charge in [-0.15, -0.1) is 13.2 Å². The Bertz CT molecular complexity index is 414. The molecule has 0 aliphatic heterocycles. The van der Waals surface area contributed by atoms with Gasteiger partial charge in [-0.3, -0.25) is 0 Å². The fourth-order valence-electron chi connectivity index (χ4n) is 1.66. The molecule has 1 fully saturated rings. The van der Waals surface area contributed by atoms with Crippen molar-refractivity contribution < 1.29 is 22.3 Å². The molecule has 0 heterocycles. The largest absolute Gasteiger partial charge is 0.573 e. The Balaban J connectivity index is 2.16. The van der Waals surface area contributed by atoms with E-state index in [0.29, 0.717) is 11.5 Å². The summed E-state index contributed by atoms with van der Waals surface area (Å²) in [6.45, 7) is 0. The number of alkyl halides is 3. The van der Waals surface area contributed by atoms with Gasteiger partial charge in [-0.05, 0) is 36.5 Å². The van der Waals surface area contributed by atoms with E-state index in [0.717, 1.165) is 25.0 Å². The molecule has 1 aromatic rings. The molecule has 0 radical (unpaired) electrons. The average Bonchev–Trinajstić information content (AvgIpc) is 3.01. The lowest BCUT2D eigenvalue weighted by Gasteiger charge is -2.13. The molecule has 1 aliphatic carbocycles. The first-order chi connectivity index (χ1) is 7.87. The van der Waals surface area contributed by atoms with Crippen LogP contribution in [0.15, 0.2) is 18.2 Å². The van der Waals surface area contributed by atoms with E-state index in [1.54, 1.807) is 0 Å². The zero-order chi connectivity index (χ0) is 12.6. The smallest absolute Gasteiger partial charge is 0.403 e. The van der Waals surface area contributed by atoms with E-state index in [9.17, 15) is 17.6 Å². The lowest BCUT2D eigenvalue weighted by molar-refractivity contribution is -0.275. The molecule has 0 spiro atoms. The maximum absolute atomic E-state index is 13.3. The van der Waals surface area contributed by atoms with Crippen LogP contribution in [0.3, 0.4) is 0 Å². The van der Waals surface area contributed by atoms with Gasteiger partial charge in [-0.25, -0.2) is 4.39 Å². The molecule has 0 unspecified atom stereocenters. The van der Waals surface area contributed by atoms with E-state index in [1.807, 2.05) is 0 Å². The van der Waals surface area contributed by atoms with Crippen molar-refractivity contribution in [3.63, 3.8) is 0 Å². The first-order valence-electron chi connectivity index (χ1n) is 5.17. The first kappa shape index (κ1) is 12.2. The Morgan fingerprint density at radius 2 is 1.94 bits per heavy atom. The predicted molar refractivity (Wildman–Crippen MR) is 52.7 cm³/mol. The predicted octanol–water partition coefficient (Wildman–Crippen LogP) is 3.13. The SMILES string of the molecule is N[C@H](c1ccc(OC(F)(F)F)c(F)c1)C1CC1. The van der Waals surface area contributed by atoms with Gasteiger partial charge in [0.25, 0.3) is 0 Å². The maximum atomic E-state index is 13.3. The molecule has 6 heteroatoms. The number of halogens is 4. The van der Waals surface area contributed by atoms with Crippen molar-refractivity contribution in [2.24, 2.45) is 11.7 Å². The highest BCUT2D eigenvalue weighted by Crippen LogP contribution is 2.40. The second-order valence-electron chi connectivity index (χ2n) is 4.10. The van der Waals surface area contributed by atoms with Gasteiger partial charge < -0.3 is 10.5 Å². The van der Waals surface area contributed by atoms with E-state index in [2.05, 4.69) is 4.74 Å². The Hall–Kier alpha value is -1.30. The molecule has 2 nitrogen and oxygen atoms in total. The van der Waals surface area contributed by atoms with E-state index in [-0.39, 0.29) is 6.04 Å². The molecule has 94 valence electrons. The number of hydrogen-bond acceptors (Lipinski definition) is 2. The van der Waals surface area contributed by atoms with Gasteiger partial charge in [0.15, 0.2) is 11.6 Å². The summed E-state index contributed by atoms with van der Waals surface area (Å²) in [4.78, 5) is 0. The van der Waals surface area contributed by atoms with Crippen molar-refractivity contribution in [1.82, 2.24) is 0 Å². The van der Waals surface area contributed by atoms with Gasteiger partial charge in [-0.2, -0.15) is 0 Å². The average molecular weight is 249 g/mol. The van der Waals surface area contributed by atoms with Crippen LogP contribution in [0.2, 0.25) is 0 Å². The zero-order valence-electron chi connectivity index (χ0n) is 8.80. The maximum Gasteiger partial charge on any atom is 0.573 e. The first-order valence-corrected chi connectivity index (χ1v) is 5.17. The highest BCUT2D eigenvalue weighted by molar-refractivity contribution is 5.31. The number of hydrogen-bond donors (Lipinski definition) is 1. The molecule has 0 aromatic heterocycles. The molecular formula is C11H11F4NO. The topological polar surface area (TPSA) is 35.2 Å². The summed E-state index contributed by atoms with van der Waals surface area (Å²) in [5, 5.41) is 0.